The predicted molar refractivity (Wildman–Crippen MR) is 94.5 cm³/mol. The molecule has 2 amide bonds. The molecule has 7 heteroatoms. The van der Waals surface area contributed by atoms with Crippen molar-refractivity contribution in [1.29, 1.82) is 0 Å². The summed E-state index contributed by atoms with van der Waals surface area (Å²) >= 11 is 0. The van der Waals surface area contributed by atoms with Crippen molar-refractivity contribution in [2.45, 2.75) is 18.9 Å². The Balaban J connectivity index is 1.96. The van der Waals surface area contributed by atoms with E-state index >= 15 is 0 Å². The number of benzene rings is 2. The summed E-state index contributed by atoms with van der Waals surface area (Å²) in [6.07, 6.45) is -0.102. The van der Waals surface area contributed by atoms with Gasteiger partial charge in [-0.25, -0.2) is 9.59 Å². The molecule has 1 N–H and O–H groups in total. The molecule has 27 heavy (non-hydrogen) atoms. The molecule has 3 rings (SSSR count). The maximum atomic E-state index is 12.7. The van der Waals surface area contributed by atoms with E-state index in [1.807, 2.05) is 0 Å². The fourth-order valence-corrected chi connectivity index (χ4v) is 3.16. The lowest BCUT2D eigenvalue weighted by molar-refractivity contribution is -0.147. The Bertz CT molecular complexity index is 914. The highest BCUT2D eigenvalue weighted by molar-refractivity contribution is 6.23. The number of esters is 1. The van der Waals surface area contributed by atoms with Crippen LogP contribution < -0.4 is 0 Å². The Morgan fingerprint density at radius 1 is 1.00 bits per heavy atom. The first kappa shape index (κ1) is 18.3. The number of rotatable bonds is 5. The number of nitrogens with zero attached hydrogens (tertiary/aromatic N) is 1. The van der Waals surface area contributed by atoms with Crippen molar-refractivity contribution >= 4 is 23.8 Å². The summed E-state index contributed by atoms with van der Waals surface area (Å²) in [5.74, 6) is -3.07. The number of amides is 2. The minimum absolute atomic E-state index is 0.102. The Labute approximate surface area is 155 Å². The minimum Gasteiger partial charge on any atom is -0.479 e. The summed E-state index contributed by atoms with van der Waals surface area (Å²) in [4.78, 5) is 49.8. The van der Waals surface area contributed by atoms with Gasteiger partial charge in [0.25, 0.3) is 11.8 Å². The predicted octanol–water partition coefficient (Wildman–Crippen LogP) is 2.16. The van der Waals surface area contributed by atoms with Gasteiger partial charge in [0, 0.05) is 6.42 Å². The van der Waals surface area contributed by atoms with Crippen molar-refractivity contribution in [3.8, 4) is 0 Å². The number of aliphatic carboxylic acids is 1. The maximum Gasteiger partial charge on any atom is 0.337 e. The maximum absolute atomic E-state index is 12.7. The number of carbonyl (C=O) groups is 4. The summed E-state index contributed by atoms with van der Waals surface area (Å²) in [5.41, 5.74) is -0.518. The fraction of sp³-hybridized carbons (Fsp3) is 0.200. The quantitative estimate of drug-likeness (QED) is 0.642. The van der Waals surface area contributed by atoms with Crippen molar-refractivity contribution in [2.24, 2.45) is 0 Å². The number of hydrogen-bond acceptors (Lipinski definition) is 5. The van der Waals surface area contributed by atoms with Gasteiger partial charge in [-0.3, -0.25) is 14.5 Å². The van der Waals surface area contributed by atoms with Crippen LogP contribution in [0.25, 0.3) is 0 Å². The van der Waals surface area contributed by atoms with Gasteiger partial charge < -0.3 is 9.84 Å². The fourth-order valence-electron chi connectivity index (χ4n) is 3.16. The van der Waals surface area contributed by atoms with E-state index < -0.39 is 29.3 Å². The highest BCUT2D eigenvalue weighted by Crippen LogP contribution is 2.32. The summed E-state index contributed by atoms with van der Waals surface area (Å²) in [5, 5.41) is 9.83. The topological polar surface area (TPSA) is 101 Å². The first-order valence-corrected chi connectivity index (χ1v) is 8.18. The highest BCUT2D eigenvalue weighted by atomic mass is 16.5. The van der Waals surface area contributed by atoms with Crippen LogP contribution in [-0.4, -0.2) is 46.4 Å². The summed E-state index contributed by atoms with van der Waals surface area (Å²) in [7, 11) is 1.26. The molecule has 2 aromatic rings. The molecule has 1 aliphatic rings. The van der Waals surface area contributed by atoms with Gasteiger partial charge in [-0.1, -0.05) is 24.3 Å². The van der Waals surface area contributed by atoms with E-state index in [1.165, 1.54) is 38.3 Å². The third-order valence-electron chi connectivity index (χ3n) is 4.67. The van der Waals surface area contributed by atoms with Crippen molar-refractivity contribution in [3.05, 3.63) is 70.8 Å². The largest absolute Gasteiger partial charge is 0.479 e. The normalized spacial score (nSPS) is 15.3. The zero-order valence-corrected chi connectivity index (χ0v) is 14.8. The van der Waals surface area contributed by atoms with Crippen LogP contribution in [0.2, 0.25) is 0 Å². The van der Waals surface area contributed by atoms with E-state index in [1.54, 1.807) is 24.3 Å². The SMILES string of the molecule is COC(=O)c1ccc(C[C@@](C)(C(=O)O)N2C(=O)c3ccccc3C2=O)cc1. The number of carbonyl (C=O) groups excluding carboxylic acids is 3. The number of fused-ring (bicyclic) bond motifs is 1. The molecule has 0 bridgehead atoms. The van der Waals surface area contributed by atoms with Crippen LogP contribution in [-0.2, 0) is 16.0 Å². The number of hydrogen-bond donors (Lipinski definition) is 1. The van der Waals surface area contributed by atoms with Crippen LogP contribution >= 0.6 is 0 Å². The first-order chi connectivity index (χ1) is 12.8. The van der Waals surface area contributed by atoms with Gasteiger partial charge in [0.15, 0.2) is 0 Å². The third kappa shape index (κ3) is 2.97. The Hall–Kier alpha value is -3.48. The van der Waals surface area contributed by atoms with Crippen molar-refractivity contribution in [1.82, 2.24) is 4.90 Å². The lowest BCUT2D eigenvalue weighted by Crippen LogP contribution is -2.56. The summed E-state index contributed by atoms with van der Waals surface area (Å²) < 4.78 is 4.63. The minimum atomic E-state index is -1.78. The number of ether oxygens (including phenoxy) is 1. The molecule has 138 valence electrons. The van der Waals surface area contributed by atoms with Gasteiger partial charge in [-0.2, -0.15) is 0 Å². The van der Waals surface area contributed by atoms with E-state index in [9.17, 15) is 24.3 Å². The molecule has 0 spiro atoms. The first-order valence-electron chi connectivity index (χ1n) is 8.18. The zero-order valence-electron chi connectivity index (χ0n) is 14.8. The molecule has 0 unspecified atom stereocenters. The zero-order chi connectivity index (χ0) is 19.8. The highest BCUT2D eigenvalue weighted by Gasteiger charge is 2.50. The Morgan fingerprint density at radius 2 is 1.52 bits per heavy atom. The molecular formula is C20H17NO6. The number of carboxylic acids is 1. The van der Waals surface area contributed by atoms with E-state index in [4.69, 9.17) is 0 Å². The van der Waals surface area contributed by atoms with Gasteiger partial charge in [0.1, 0.15) is 5.54 Å². The van der Waals surface area contributed by atoms with Gasteiger partial charge in [0.2, 0.25) is 0 Å². The van der Waals surface area contributed by atoms with E-state index in [0.29, 0.717) is 11.1 Å². The molecule has 1 atom stereocenters. The van der Waals surface area contributed by atoms with Crippen LogP contribution in [0.15, 0.2) is 48.5 Å². The van der Waals surface area contributed by atoms with Crippen molar-refractivity contribution < 1.29 is 29.0 Å². The van der Waals surface area contributed by atoms with Gasteiger partial charge in [-0.15, -0.1) is 0 Å². The second kappa shape index (κ2) is 6.68. The molecule has 2 aromatic carbocycles. The van der Waals surface area contributed by atoms with Crippen LogP contribution in [0.3, 0.4) is 0 Å². The molecule has 0 saturated carbocycles. The average Bonchev–Trinajstić information content (AvgIpc) is 2.93. The van der Waals surface area contributed by atoms with Crippen molar-refractivity contribution in [3.63, 3.8) is 0 Å². The Kier molecular flexibility index (Phi) is 4.53. The molecule has 7 nitrogen and oxygen atoms in total. The number of imide groups is 1. The number of carboxylic acid groups (broad SMARTS) is 1. The van der Waals surface area contributed by atoms with Crippen LogP contribution in [0, 0.1) is 0 Å². The van der Waals surface area contributed by atoms with Gasteiger partial charge in [-0.05, 0) is 36.8 Å². The molecule has 0 radical (unpaired) electrons. The van der Waals surface area contributed by atoms with E-state index in [-0.39, 0.29) is 17.5 Å². The molecule has 1 aliphatic heterocycles. The number of methoxy groups -OCH3 is 1. The molecule has 0 fully saturated rings. The second-order valence-electron chi connectivity index (χ2n) is 6.44. The lowest BCUT2D eigenvalue weighted by atomic mass is 9.90. The van der Waals surface area contributed by atoms with Crippen molar-refractivity contribution in [2.75, 3.05) is 7.11 Å². The lowest BCUT2D eigenvalue weighted by Gasteiger charge is -2.33. The van der Waals surface area contributed by atoms with Gasteiger partial charge in [0.05, 0.1) is 23.8 Å². The molecular weight excluding hydrogens is 350 g/mol. The molecule has 0 aliphatic carbocycles. The monoisotopic (exact) mass is 367 g/mol. The summed E-state index contributed by atoms with van der Waals surface area (Å²) in [6, 6.07) is 12.4. The van der Waals surface area contributed by atoms with Gasteiger partial charge >= 0.3 is 11.9 Å². The van der Waals surface area contributed by atoms with Crippen LogP contribution in [0.5, 0.6) is 0 Å². The summed E-state index contributed by atoms with van der Waals surface area (Å²) in [6.45, 7) is 1.34. The smallest absolute Gasteiger partial charge is 0.337 e. The van der Waals surface area contributed by atoms with E-state index in [0.717, 1.165) is 4.90 Å². The standard InChI is InChI=1S/C20H17NO6/c1-20(19(25)26,11-12-7-9-13(10-8-12)18(24)27-2)21-16(22)14-5-3-4-6-15(14)17(21)23/h3-10H,11H2,1-2H3,(H,25,26)/t20-/m0/s1. The Morgan fingerprint density at radius 3 is 1.96 bits per heavy atom. The second-order valence-corrected chi connectivity index (χ2v) is 6.44. The molecule has 0 saturated heterocycles. The average molecular weight is 367 g/mol. The van der Waals surface area contributed by atoms with E-state index in [2.05, 4.69) is 4.74 Å². The molecule has 1 heterocycles. The third-order valence-corrected chi connectivity index (χ3v) is 4.67. The van der Waals surface area contributed by atoms with Crippen LogP contribution in [0.4, 0.5) is 0 Å². The molecule has 0 aromatic heterocycles. The van der Waals surface area contributed by atoms with Crippen LogP contribution in [0.1, 0.15) is 43.6 Å².